The van der Waals surface area contributed by atoms with Crippen LogP contribution in [0.4, 0.5) is 5.69 Å². The van der Waals surface area contributed by atoms with Gasteiger partial charge in [-0.15, -0.1) is 0 Å². The molecule has 0 spiro atoms. The molecule has 20 heavy (non-hydrogen) atoms. The van der Waals surface area contributed by atoms with Gasteiger partial charge in [0.05, 0.1) is 24.8 Å². The maximum absolute atomic E-state index is 11.7. The van der Waals surface area contributed by atoms with Crippen molar-refractivity contribution in [1.29, 1.82) is 0 Å². The van der Waals surface area contributed by atoms with Gasteiger partial charge < -0.3 is 14.8 Å². The lowest BCUT2D eigenvalue weighted by molar-refractivity contribution is 0.0526. The Labute approximate surface area is 128 Å². The molecule has 0 saturated heterocycles. The maximum atomic E-state index is 11.7. The number of benzene rings is 1. The summed E-state index contributed by atoms with van der Waals surface area (Å²) in [6.07, 6.45) is 2.50. The van der Waals surface area contributed by atoms with Gasteiger partial charge in [-0.1, -0.05) is 0 Å². The first-order chi connectivity index (χ1) is 9.65. The van der Waals surface area contributed by atoms with Crippen LogP contribution in [0.2, 0.25) is 0 Å². The van der Waals surface area contributed by atoms with E-state index < -0.39 is 0 Å². The molecular weight excluding hydrogens is 322 g/mol. The van der Waals surface area contributed by atoms with Gasteiger partial charge in [0.25, 0.3) is 0 Å². The van der Waals surface area contributed by atoms with Crippen molar-refractivity contribution >= 4 is 27.6 Å². The molecule has 1 unspecified atom stereocenters. The molecule has 110 valence electrons. The summed E-state index contributed by atoms with van der Waals surface area (Å²) < 4.78 is 11.1. The molecule has 2 rings (SSSR count). The first-order valence-electron chi connectivity index (χ1n) is 6.87. The standard InChI is InChI=1S/C15H20BrNO3/c1-3-20-15(18)11-6-7-13(12(16)8-11)17-14(9-19-2)10-4-5-10/h6-8,10,14,17H,3-5,9H2,1-2H3. The van der Waals surface area contributed by atoms with E-state index in [0.29, 0.717) is 30.7 Å². The summed E-state index contributed by atoms with van der Waals surface area (Å²) in [5, 5.41) is 3.48. The van der Waals surface area contributed by atoms with Crippen LogP contribution in [-0.2, 0) is 9.47 Å². The Bertz CT molecular complexity index is 474. The zero-order valence-electron chi connectivity index (χ0n) is 11.8. The molecule has 1 aromatic rings. The van der Waals surface area contributed by atoms with E-state index in [1.807, 2.05) is 6.07 Å². The third-order valence-corrected chi connectivity index (χ3v) is 4.01. The predicted octanol–water partition coefficient (Wildman–Crippen LogP) is 3.46. The van der Waals surface area contributed by atoms with Crippen LogP contribution in [0.25, 0.3) is 0 Å². The number of nitrogens with one attached hydrogen (secondary N) is 1. The minimum atomic E-state index is -0.296. The SMILES string of the molecule is CCOC(=O)c1ccc(NC(COC)C2CC2)c(Br)c1. The Kier molecular flexibility index (Phi) is 5.43. The zero-order chi connectivity index (χ0) is 14.5. The lowest BCUT2D eigenvalue weighted by atomic mass is 10.1. The van der Waals surface area contributed by atoms with Crippen LogP contribution in [0.5, 0.6) is 0 Å². The fraction of sp³-hybridized carbons (Fsp3) is 0.533. The number of carbonyl (C=O) groups is 1. The van der Waals surface area contributed by atoms with E-state index in [1.54, 1.807) is 26.2 Å². The van der Waals surface area contributed by atoms with Gasteiger partial charge in [-0.25, -0.2) is 4.79 Å². The highest BCUT2D eigenvalue weighted by Crippen LogP contribution is 2.35. The van der Waals surface area contributed by atoms with Crippen molar-refractivity contribution in [2.75, 3.05) is 25.6 Å². The molecule has 1 aliphatic rings. The van der Waals surface area contributed by atoms with E-state index in [9.17, 15) is 4.79 Å². The molecule has 1 aromatic carbocycles. The lowest BCUT2D eigenvalue weighted by Crippen LogP contribution is -2.27. The quantitative estimate of drug-likeness (QED) is 0.771. The minimum absolute atomic E-state index is 0.296. The second kappa shape index (κ2) is 7.09. The number of hydrogen-bond donors (Lipinski definition) is 1. The van der Waals surface area contributed by atoms with Crippen LogP contribution < -0.4 is 5.32 Å². The molecule has 0 amide bonds. The monoisotopic (exact) mass is 341 g/mol. The van der Waals surface area contributed by atoms with Crippen molar-refractivity contribution in [3.63, 3.8) is 0 Å². The molecule has 0 aliphatic heterocycles. The van der Waals surface area contributed by atoms with E-state index in [2.05, 4.69) is 21.2 Å². The number of halogens is 1. The number of ether oxygens (including phenoxy) is 2. The largest absolute Gasteiger partial charge is 0.462 e. The van der Waals surface area contributed by atoms with Crippen LogP contribution in [-0.4, -0.2) is 32.3 Å². The second-order valence-corrected chi connectivity index (χ2v) is 5.81. The van der Waals surface area contributed by atoms with Crippen molar-refractivity contribution in [1.82, 2.24) is 0 Å². The Hall–Kier alpha value is -1.07. The van der Waals surface area contributed by atoms with Gasteiger partial charge in [0, 0.05) is 17.3 Å². The van der Waals surface area contributed by atoms with E-state index in [1.165, 1.54) is 12.8 Å². The lowest BCUT2D eigenvalue weighted by Gasteiger charge is -2.20. The van der Waals surface area contributed by atoms with Gasteiger partial charge in [0.2, 0.25) is 0 Å². The van der Waals surface area contributed by atoms with Gasteiger partial charge >= 0.3 is 5.97 Å². The van der Waals surface area contributed by atoms with Crippen LogP contribution in [0.15, 0.2) is 22.7 Å². The van der Waals surface area contributed by atoms with Crippen LogP contribution >= 0.6 is 15.9 Å². The molecule has 0 aromatic heterocycles. The summed E-state index contributed by atoms with van der Waals surface area (Å²) in [5.74, 6) is 0.391. The second-order valence-electron chi connectivity index (χ2n) is 4.96. The van der Waals surface area contributed by atoms with Crippen LogP contribution in [0.1, 0.15) is 30.1 Å². The molecule has 1 aliphatic carbocycles. The Morgan fingerprint density at radius 1 is 1.50 bits per heavy atom. The number of anilines is 1. The number of rotatable bonds is 7. The van der Waals surface area contributed by atoms with Gasteiger partial charge in [0.1, 0.15) is 0 Å². The van der Waals surface area contributed by atoms with Crippen molar-refractivity contribution in [2.24, 2.45) is 5.92 Å². The number of esters is 1. The maximum Gasteiger partial charge on any atom is 0.338 e. The van der Waals surface area contributed by atoms with Gasteiger partial charge in [-0.05, 0) is 59.8 Å². The molecule has 5 heteroatoms. The minimum Gasteiger partial charge on any atom is -0.462 e. The topological polar surface area (TPSA) is 47.6 Å². The molecule has 1 fully saturated rings. The summed E-state index contributed by atoms with van der Waals surface area (Å²) in [6, 6.07) is 5.80. The number of hydrogen-bond acceptors (Lipinski definition) is 4. The van der Waals surface area contributed by atoms with Crippen molar-refractivity contribution < 1.29 is 14.3 Å². The van der Waals surface area contributed by atoms with Gasteiger partial charge in [0.15, 0.2) is 0 Å². The number of carbonyl (C=O) groups excluding carboxylic acids is 1. The molecular formula is C15H20BrNO3. The molecule has 4 nitrogen and oxygen atoms in total. The summed E-state index contributed by atoms with van der Waals surface area (Å²) in [6.45, 7) is 2.87. The molecule has 0 heterocycles. The summed E-state index contributed by atoms with van der Waals surface area (Å²) >= 11 is 3.50. The normalized spacial score (nSPS) is 15.8. The first kappa shape index (κ1) is 15.3. The van der Waals surface area contributed by atoms with E-state index in [4.69, 9.17) is 9.47 Å². The third kappa shape index (κ3) is 3.96. The molecule has 1 atom stereocenters. The van der Waals surface area contributed by atoms with Crippen LogP contribution in [0, 0.1) is 5.92 Å². The zero-order valence-corrected chi connectivity index (χ0v) is 13.4. The fourth-order valence-electron chi connectivity index (χ4n) is 2.15. The first-order valence-corrected chi connectivity index (χ1v) is 7.67. The number of methoxy groups -OCH3 is 1. The van der Waals surface area contributed by atoms with E-state index in [-0.39, 0.29) is 5.97 Å². The third-order valence-electron chi connectivity index (χ3n) is 3.36. The Morgan fingerprint density at radius 3 is 2.80 bits per heavy atom. The Morgan fingerprint density at radius 2 is 2.25 bits per heavy atom. The van der Waals surface area contributed by atoms with E-state index >= 15 is 0 Å². The van der Waals surface area contributed by atoms with Gasteiger partial charge in [-0.3, -0.25) is 0 Å². The summed E-state index contributed by atoms with van der Waals surface area (Å²) in [4.78, 5) is 11.7. The van der Waals surface area contributed by atoms with Crippen molar-refractivity contribution in [3.8, 4) is 0 Å². The highest BCUT2D eigenvalue weighted by atomic mass is 79.9. The molecule has 0 radical (unpaired) electrons. The average molecular weight is 342 g/mol. The van der Waals surface area contributed by atoms with Crippen molar-refractivity contribution in [2.45, 2.75) is 25.8 Å². The highest BCUT2D eigenvalue weighted by molar-refractivity contribution is 9.10. The molecule has 1 N–H and O–H groups in total. The smallest absolute Gasteiger partial charge is 0.338 e. The van der Waals surface area contributed by atoms with E-state index in [0.717, 1.165) is 10.2 Å². The molecule has 1 saturated carbocycles. The predicted molar refractivity (Wildman–Crippen MR) is 82.1 cm³/mol. The summed E-state index contributed by atoms with van der Waals surface area (Å²) in [7, 11) is 1.72. The summed E-state index contributed by atoms with van der Waals surface area (Å²) in [5.41, 5.74) is 1.53. The average Bonchev–Trinajstić information content (AvgIpc) is 3.25. The fourth-order valence-corrected chi connectivity index (χ4v) is 2.64. The van der Waals surface area contributed by atoms with Crippen molar-refractivity contribution in [3.05, 3.63) is 28.2 Å². The Balaban J connectivity index is 2.06. The van der Waals surface area contributed by atoms with Crippen LogP contribution in [0.3, 0.4) is 0 Å². The van der Waals surface area contributed by atoms with Gasteiger partial charge in [-0.2, -0.15) is 0 Å². The molecule has 0 bridgehead atoms. The highest BCUT2D eigenvalue weighted by Gasteiger charge is 2.31.